The van der Waals surface area contributed by atoms with Crippen molar-refractivity contribution >= 4 is 23.5 Å². The molecule has 0 aromatic heterocycles. The van der Waals surface area contributed by atoms with Crippen LogP contribution in [0.25, 0.3) is 6.08 Å². The quantitative estimate of drug-likeness (QED) is 0.300. The number of nitrogens with one attached hydrogen (secondary N) is 1. The first kappa shape index (κ1) is 26.4. The van der Waals surface area contributed by atoms with Crippen molar-refractivity contribution in [3.8, 4) is 11.5 Å². The highest BCUT2D eigenvalue weighted by molar-refractivity contribution is 5.98. The van der Waals surface area contributed by atoms with Crippen molar-refractivity contribution in [2.45, 2.75) is 18.9 Å². The predicted octanol–water partition coefficient (Wildman–Crippen LogP) is 3.43. The Morgan fingerprint density at radius 1 is 0.889 bits per heavy atom. The molecule has 0 aliphatic heterocycles. The third-order valence-corrected chi connectivity index (χ3v) is 5.62. The van der Waals surface area contributed by atoms with E-state index in [2.05, 4.69) is 5.32 Å². The van der Waals surface area contributed by atoms with E-state index in [0.717, 1.165) is 11.1 Å². The van der Waals surface area contributed by atoms with Crippen LogP contribution in [0.2, 0.25) is 0 Å². The monoisotopic (exact) mass is 487 g/mol. The molecule has 0 bridgehead atoms. The molecule has 7 nitrogen and oxygen atoms in total. The van der Waals surface area contributed by atoms with E-state index in [1.54, 1.807) is 55.7 Å². The van der Waals surface area contributed by atoms with E-state index in [1.807, 2.05) is 30.3 Å². The molecular formula is C29H29NO6. The molecule has 0 spiro atoms. The third kappa shape index (κ3) is 7.38. The number of methoxy groups -OCH3 is 2. The number of benzene rings is 3. The Labute approximate surface area is 210 Å². The van der Waals surface area contributed by atoms with Gasteiger partial charge in [-0.2, -0.15) is 0 Å². The molecule has 3 rings (SSSR count). The average Bonchev–Trinajstić information content (AvgIpc) is 2.91. The average molecular weight is 488 g/mol. The van der Waals surface area contributed by atoms with Gasteiger partial charge in [0.15, 0.2) is 23.1 Å². The molecule has 36 heavy (non-hydrogen) atoms. The summed E-state index contributed by atoms with van der Waals surface area (Å²) < 4.78 is 10.5. The molecule has 0 saturated heterocycles. The van der Waals surface area contributed by atoms with Gasteiger partial charge in [0.05, 0.1) is 20.3 Å². The number of ketones is 2. The number of hydrogen-bond donors (Lipinski definition) is 2. The Balaban J connectivity index is 1.73. The highest BCUT2D eigenvalue weighted by atomic mass is 16.5. The van der Waals surface area contributed by atoms with E-state index in [4.69, 9.17) is 14.6 Å². The summed E-state index contributed by atoms with van der Waals surface area (Å²) in [4.78, 5) is 37.5. The lowest BCUT2D eigenvalue weighted by atomic mass is 9.97. The summed E-state index contributed by atoms with van der Waals surface area (Å²) in [6, 6.07) is 20.5. The van der Waals surface area contributed by atoms with E-state index in [-0.39, 0.29) is 18.0 Å². The summed E-state index contributed by atoms with van der Waals surface area (Å²) >= 11 is 0. The number of aliphatic hydroxyl groups is 1. The SMILES string of the molecule is COc1ccc(/C=C/C(=O)N[C@@H](Cc2ccccc2)C(=O)Cc2ccc(C(=O)CO)cc2)cc1OC. The van der Waals surface area contributed by atoms with Gasteiger partial charge >= 0.3 is 0 Å². The maximum absolute atomic E-state index is 13.2. The molecule has 1 atom stereocenters. The fourth-order valence-electron chi connectivity index (χ4n) is 3.67. The summed E-state index contributed by atoms with van der Waals surface area (Å²) in [5, 5.41) is 11.8. The van der Waals surface area contributed by atoms with Gasteiger partial charge in [0.25, 0.3) is 0 Å². The highest BCUT2D eigenvalue weighted by Gasteiger charge is 2.21. The molecule has 0 aliphatic rings. The van der Waals surface area contributed by atoms with Crippen molar-refractivity contribution < 1.29 is 29.0 Å². The van der Waals surface area contributed by atoms with Gasteiger partial charge in [-0.25, -0.2) is 0 Å². The van der Waals surface area contributed by atoms with Gasteiger partial charge in [-0.1, -0.05) is 60.7 Å². The van der Waals surface area contributed by atoms with Gasteiger partial charge in [-0.05, 0) is 41.3 Å². The van der Waals surface area contributed by atoms with Crippen LogP contribution in [-0.2, 0) is 22.4 Å². The van der Waals surface area contributed by atoms with Crippen LogP contribution in [0.3, 0.4) is 0 Å². The molecule has 0 saturated carbocycles. The van der Waals surface area contributed by atoms with Crippen molar-refractivity contribution in [3.05, 3.63) is 101 Å². The van der Waals surface area contributed by atoms with Crippen LogP contribution in [0.1, 0.15) is 27.0 Å². The number of amides is 1. The summed E-state index contributed by atoms with van der Waals surface area (Å²) in [6.45, 7) is -0.569. The Morgan fingerprint density at radius 3 is 2.22 bits per heavy atom. The number of ether oxygens (including phenoxy) is 2. The van der Waals surface area contributed by atoms with Crippen LogP contribution in [0, 0.1) is 0 Å². The molecule has 186 valence electrons. The molecule has 0 aliphatic carbocycles. The topological polar surface area (TPSA) is 102 Å². The number of rotatable bonds is 12. The van der Waals surface area contributed by atoms with Crippen molar-refractivity contribution in [1.82, 2.24) is 5.32 Å². The Hall–Kier alpha value is -4.23. The van der Waals surface area contributed by atoms with E-state index in [1.165, 1.54) is 13.2 Å². The first-order valence-electron chi connectivity index (χ1n) is 11.4. The van der Waals surface area contributed by atoms with Crippen LogP contribution in [0.5, 0.6) is 11.5 Å². The fourth-order valence-corrected chi connectivity index (χ4v) is 3.67. The second-order valence-electron chi connectivity index (χ2n) is 8.12. The summed E-state index contributed by atoms with van der Waals surface area (Å²) in [5.41, 5.74) is 2.75. The lowest BCUT2D eigenvalue weighted by Crippen LogP contribution is -2.42. The van der Waals surface area contributed by atoms with Gasteiger partial charge in [0.1, 0.15) is 6.61 Å². The van der Waals surface area contributed by atoms with E-state index >= 15 is 0 Å². The largest absolute Gasteiger partial charge is 0.493 e. The molecular weight excluding hydrogens is 458 g/mol. The zero-order valence-corrected chi connectivity index (χ0v) is 20.3. The predicted molar refractivity (Wildman–Crippen MR) is 137 cm³/mol. The second-order valence-corrected chi connectivity index (χ2v) is 8.12. The number of Topliss-reactive ketones (excluding diaryl/α,β-unsaturated/α-hetero) is 2. The van der Waals surface area contributed by atoms with Gasteiger partial charge in [-0.15, -0.1) is 0 Å². The molecule has 2 N–H and O–H groups in total. The van der Waals surface area contributed by atoms with Crippen LogP contribution in [-0.4, -0.2) is 49.4 Å². The standard InChI is InChI=1S/C29H29NO6/c1-35-27-14-10-22(18-28(27)36-2)11-15-29(34)30-24(16-20-6-4-3-5-7-20)25(32)17-21-8-12-23(13-9-21)26(33)19-31/h3-15,18,24,31H,16-17,19H2,1-2H3,(H,30,34)/b15-11+/t24-/m0/s1. The van der Waals surface area contributed by atoms with Crippen molar-refractivity contribution in [2.75, 3.05) is 20.8 Å². The van der Waals surface area contributed by atoms with E-state index in [9.17, 15) is 14.4 Å². The first-order valence-corrected chi connectivity index (χ1v) is 11.4. The summed E-state index contributed by atoms with van der Waals surface area (Å²) in [7, 11) is 3.09. The molecule has 0 heterocycles. The maximum atomic E-state index is 13.2. The van der Waals surface area contributed by atoms with Gasteiger partial charge < -0.3 is 19.9 Å². The molecule has 3 aromatic rings. The number of hydrogen-bond acceptors (Lipinski definition) is 6. The second kappa shape index (κ2) is 13.0. The molecule has 3 aromatic carbocycles. The molecule has 0 fully saturated rings. The normalized spacial score (nSPS) is 11.6. The number of carbonyl (C=O) groups excluding carboxylic acids is 3. The van der Waals surface area contributed by atoms with Crippen LogP contribution in [0.15, 0.2) is 78.9 Å². The van der Waals surface area contributed by atoms with E-state index < -0.39 is 18.6 Å². The van der Waals surface area contributed by atoms with Gasteiger partial charge in [-0.3, -0.25) is 14.4 Å². The third-order valence-electron chi connectivity index (χ3n) is 5.62. The van der Waals surface area contributed by atoms with Gasteiger partial charge in [0, 0.05) is 18.1 Å². The highest BCUT2D eigenvalue weighted by Crippen LogP contribution is 2.27. The van der Waals surface area contributed by atoms with Crippen LogP contribution >= 0.6 is 0 Å². The lowest BCUT2D eigenvalue weighted by molar-refractivity contribution is -0.125. The summed E-state index contributed by atoms with van der Waals surface area (Å²) in [6.07, 6.45) is 3.45. The van der Waals surface area contributed by atoms with Crippen molar-refractivity contribution in [2.24, 2.45) is 0 Å². The van der Waals surface area contributed by atoms with E-state index in [0.29, 0.717) is 29.0 Å². The zero-order chi connectivity index (χ0) is 25.9. The Bertz CT molecular complexity index is 1220. The van der Waals surface area contributed by atoms with Gasteiger partial charge in [0.2, 0.25) is 5.91 Å². The smallest absolute Gasteiger partial charge is 0.244 e. The Morgan fingerprint density at radius 2 is 1.58 bits per heavy atom. The molecule has 0 radical (unpaired) electrons. The minimum atomic E-state index is -0.742. The molecule has 1 amide bonds. The summed E-state index contributed by atoms with van der Waals surface area (Å²) in [5.74, 6) is 0.185. The Kier molecular flexibility index (Phi) is 9.54. The van der Waals surface area contributed by atoms with Crippen LogP contribution < -0.4 is 14.8 Å². The van der Waals surface area contributed by atoms with Crippen LogP contribution in [0.4, 0.5) is 0 Å². The molecule has 0 unspecified atom stereocenters. The first-order chi connectivity index (χ1) is 17.4. The lowest BCUT2D eigenvalue weighted by Gasteiger charge is -2.17. The maximum Gasteiger partial charge on any atom is 0.244 e. The zero-order valence-electron chi connectivity index (χ0n) is 20.3. The van der Waals surface area contributed by atoms with Crippen molar-refractivity contribution in [3.63, 3.8) is 0 Å². The number of aliphatic hydroxyl groups excluding tert-OH is 1. The molecule has 7 heteroatoms. The minimum absolute atomic E-state index is 0.0881. The fraction of sp³-hybridized carbons (Fsp3) is 0.207. The van der Waals surface area contributed by atoms with Crippen molar-refractivity contribution in [1.29, 1.82) is 0 Å². The number of carbonyl (C=O) groups is 3. The minimum Gasteiger partial charge on any atom is -0.493 e.